The highest BCUT2D eigenvalue weighted by atomic mass is 16.5. The van der Waals surface area contributed by atoms with Gasteiger partial charge in [-0.25, -0.2) is 9.97 Å². The predicted molar refractivity (Wildman–Crippen MR) is 86.1 cm³/mol. The minimum Gasteiger partial charge on any atom is -0.381 e. The van der Waals surface area contributed by atoms with Crippen molar-refractivity contribution in [3.8, 4) is 0 Å². The highest BCUT2D eigenvalue weighted by Gasteiger charge is 2.26. The molecule has 122 valence electrons. The summed E-state index contributed by atoms with van der Waals surface area (Å²) in [6.07, 6.45) is 8.91. The molecule has 0 amide bonds. The first-order valence-corrected chi connectivity index (χ1v) is 8.40. The SMILES string of the molecule is Cn1cc(CN2CCc3ncnc([C@H]4CCOC4)c3CC2)cn1. The molecule has 2 aromatic heterocycles. The summed E-state index contributed by atoms with van der Waals surface area (Å²) in [6, 6.07) is 0. The Morgan fingerprint density at radius 1 is 1.26 bits per heavy atom. The molecule has 0 aromatic carbocycles. The molecule has 0 saturated carbocycles. The summed E-state index contributed by atoms with van der Waals surface area (Å²) in [6.45, 7) is 4.71. The quantitative estimate of drug-likeness (QED) is 0.855. The van der Waals surface area contributed by atoms with Crippen molar-refractivity contribution < 1.29 is 4.74 Å². The monoisotopic (exact) mass is 313 g/mol. The molecule has 0 unspecified atom stereocenters. The maximum Gasteiger partial charge on any atom is 0.115 e. The van der Waals surface area contributed by atoms with E-state index in [9.17, 15) is 0 Å². The third kappa shape index (κ3) is 3.14. The summed E-state index contributed by atoms with van der Waals surface area (Å²) in [5.74, 6) is 0.455. The van der Waals surface area contributed by atoms with Crippen LogP contribution in [-0.2, 0) is 31.2 Å². The van der Waals surface area contributed by atoms with E-state index in [2.05, 4.69) is 26.2 Å². The minimum atomic E-state index is 0.455. The van der Waals surface area contributed by atoms with Crippen LogP contribution in [0, 0.1) is 0 Å². The van der Waals surface area contributed by atoms with E-state index in [0.29, 0.717) is 5.92 Å². The molecule has 2 aromatic rings. The zero-order valence-electron chi connectivity index (χ0n) is 13.6. The molecule has 0 aliphatic carbocycles. The Hall–Kier alpha value is -1.79. The summed E-state index contributed by atoms with van der Waals surface area (Å²) < 4.78 is 7.42. The van der Waals surface area contributed by atoms with Crippen LogP contribution in [0.25, 0.3) is 0 Å². The maximum absolute atomic E-state index is 5.56. The lowest BCUT2D eigenvalue weighted by Gasteiger charge is -2.18. The van der Waals surface area contributed by atoms with E-state index < -0.39 is 0 Å². The van der Waals surface area contributed by atoms with Gasteiger partial charge in [0.25, 0.3) is 0 Å². The number of fused-ring (bicyclic) bond motifs is 1. The van der Waals surface area contributed by atoms with E-state index >= 15 is 0 Å². The highest BCUT2D eigenvalue weighted by Crippen LogP contribution is 2.29. The van der Waals surface area contributed by atoms with Gasteiger partial charge >= 0.3 is 0 Å². The van der Waals surface area contributed by atoms with Crippen LogP contribution in [0.2, 0.25) is 0 Å². The second kappa shape index (κ2) is 6.37. The average molecular weight is 313 g/mol. The number of ether oxygens (including phenoxy) is 1. The van der Waals surface area contributed by atoms with Gasteiger partial charge in [-0.2, -0.15) is 5.10 Å². The molecule has 4 heterocycles. The van der Waals surface area contributed by atoms with Crippen LogP contribution in [0.5, 0.6) is 0 Å². The van der Waals surface area contributed by atoms with E-state index in [0.717, 1.165) is 52.1 Å². The minimum absolute atomic E-state index is 0.455. The van der Waals surface area contributed by atoms with E-state index in [1.165, 1.54) is 22.5 Å². The Morgan fingerprint density at radius 2 is 2.17 bits per heavy atom. The van der Waals surface area contributed by atoms with E-state index in [4.69, 9.17) is 4.74 Å². The smallest absolute Gasteiger partial charge is 0.115 e. The van der Waals surface area contributed by atoms with E-state index in [-0.39, 0.29) is 0 Å². The Balaban J connectivity index is 1.50. The van der Waals surface area contributed by atoms with Gasteiger partial charge in [0.05, 0.1) is 18.5 Å². The van der Waals surface area contributed by atoms with Crippen molar-refractivity contribution >= 4 is 0 Å². The van der Waals surface area contributed by atoms with Crippen LogP contribution in [0.3, 0.4) is 0 Å². The van der Waals surface area contributed by atoms with Crippen LogP contribution < -0.4 is 0 Å². The normalized spacial score (nSPS) is 22.0. The van der Waals surface area contributed by atoms with Crippen molar-refractivity contribution in [2.24, 2.45) is 7.05 Å². The molecule has 2 aliphatic heterocycles. The van der Waals surface area contributed by atoms with Gasteiger partial charge in [-0.15, -0.1) is 0 Å². The molecular weight excluding hydrogens is 290 g/mol. The first-order valence-electron chi connectivity index (χ1n) is 8.40. The zero-order valence-corrected chi connectivity index (χ0v) is 13.6. The molecule has 1 fully saturated rings. The largest absolute Gasteiger partial charge is 0.381 e. The molecule has 1 atom stereocenters. The van der Waals surface area contributed by atoms with Crippen molar-refractivity contribution in [2.75, 3.05) is 26.3 Å². The topological polar surface area (TPSA) is 56.1 Å². The lowest BCUT2D eigenvalue weighted by atomic mass is 9.96. The summed E-state index contributed by atoms with van der Waals surface area (Å²) in [4.78, 5) is 11.7. The Morgan fingerprint density at radius 3 is 2.96 bits per heavy atom. The lowest BCUT2D eigenvalue weighted by molar-refractivity contribution is 0.193. The highest BCUT2D eigenvalue weighted by molar-refractivity contribution is 5.30. The summed E-state index contributed by atoms with van der Waals surface area (Å²) in [5, 5.41) is 4.27. The molecular formula is C17H23N5O. The lowest BCUT2D eigenvalue weighted by Crippen LogP contribution is -2.25. The fourth-order valence-electron chi connectivity index (χ4n) is 3.67. The standard InChI is InChI=1S/C17H23N5O/c1-21-9-13(8-20-21)10-22-5-2-15-16(3-6-22)18-12-19-17(15)14-4-7-23-11-14/h8-9,12,14H,2-7,10-11H2,1H3/t14-/m0/s1. The number of aryl methyl sites for hydroxylation is 1. The predicted octanol–water partition coefficient (Wildman–Crippen LogP) is 1.31. The van der Waals surface area contributed by atoms with Gasteiger partial charge in [-0.3, -0.25) is 9.58 Å². The Kier molecular flexibility index (Phi) is 4.10. The third-order valence-corrected chi connectivity index (χ3v) is 4.89. The van der Waals surface area contributed by atoms with Crippen LogP contribution in [0.4, 0.5) is 0 Å². The van der Waals surface area contributed by atoms with Gasteiger partial charge in [-0.05, 0) is 18.4 Å². The van der Waals surface area contributed by atoms with Crippen LogP contribution in [-0.4, -0.2) is 51.0 Å². The number of aromatic nitrogens is 4. The first-order chi connectivity index (χ1) is 11.3. The van der Waals surface area contributed by atoms with Gasteiger partial charge in [-0.1, -0.05) is 0 Å². The third-order valence-electron chi connectivity index (χ3n) is 4.89. The fourth-order valence-corrected chi connectivity index (χ4v) is 3.67. The van der Waals surface area contributed by atoms with Gasteiger partial charge in [0.1, 0.15) is 6.33 Å². The van der Waals surface area contributed by atoms with Gasteiger partial charge in [0.15, 0.2) is 0 Å². The number of hydrogen-bond donors (Lipinski definition) is 0. The number of nitrogens with zero attached hydrogens (tertiary/aromatic N) is 5. The molecule has 2 aliphatic rings. The number of hydrogen-bond acceptors (Lipinski definition) is 5. The van der Waals surface area contributed by atoms with Crippen molar-refractivity contribution in [2.45, 2.75) is 31.7 Å². The molecule has 6 heteroatoms. The second-order valence-corrected chi connectivity index (χ2v) is 6.54. The van der Waals surface area contributed by atoms with Crippen molar-refractivity contribution in [3.05, 3.63) is 41.2 Å². The summed E-state index contributed by atoms with van der Waals surface area (Å²) >= 11 is 0. The Bertz CT molecular complexity index is 677. The second-order valence-electron chi connectivity index (χ2n) is 6.54. The summed E-state index contributed by atoms with van der Waals surface area (Å²) in [7, 11) is 1.97. The van der Waals surface area contributed by atoms with Gasteiger partial charge in [0.2, 0.25) is 0 Å². The number of rotatable bonds is 3. The van der Waals surface area contributed by atoms with Crippen LogP contribution >= 0.6 is 0 Å². The first kappa shape index (κ1) is 14.8. The molecule has 0 N–H and O–H groups in total. The van der Waals surface area contributed by atoms with Crippen LogP contribution in [0.1, 0.15) is 34.9 Å². The van der Waals surface area contributed by atoms with E-state index in [1.54, 1.807) is 6.33 Å². The molecule has 1 saturated heterocycles. The molecule has 0 spiro atoms. The zero-order chi connectivity index (χ0) is 15.6. The molecule has 0 radical (unpaired) electrons. The average Bonchev–Trinajstić information content (AvgIpc) is 3.17. The summed E-state index contributed by atoms with van der Waals surface area (Å²) in [5.41, 5.74) is 5.11. The molecule has 0 bridgehead atoms. The van der Waals surface area contributed by atoms with Crippen molar-refractivity contribution in [1.82, 2.24) is 24.6 Å². The van der Waals surface area contributed by atoms with Gasteiger partial charge in [0, 0.05) is 63.1 Å². The molecule has 6 nitrogen and oxygen atoms in total. The molecule has 23 heavy (non-hydrogen) atoms. The van der Waals surface area contributed by atoms with Gasteiger partial charge < -0.3 is 4.74 Å². The Labute approximate surface area is 136 Å². The van der Waals surface area contributed by atoms with Crippen molar-refractivity contribution in [1.29, 1.82) is 0 Å². The molecule has 4 rings (SSSR count). The maximum atomic E-state index is 5.56. The van der Waals surface area contributed by atoms with E-state index in [1.807, 2.05) is 17.9 Å². The van der Waals surface area contributed by atoms with Crippen molar-refractivity contribution in [3.63, 3.8) is 0 Å². The van der Waals surface area contributed by atoms with Crippen LogP contribution in [0.15, 0.2) is 18.7 Å². The fraction of sp³-hybridized carbons (Fsp3) is 0.588.